The van der Waals surface area contributed by atoms with Gasteiger partial charge in [0.1, 0.15) is 0 Å². The second-order valence-corrected chi connectivity index (χ2v) is 6.64. The van der Waals surface area contributed by atoms with Gasteiger partial charge < -0.3 is 12.7 Å². The summed E-state index contributed by atoms with van der Waals surface area (Å²) in [6.07, 6.45) is 3.51. The number of benzene rings is 1. The summed E-state index contributed by atoms with van der Waals surface area (Å²) >= 11 is 0. The molecule has 0 bridgehead atoms. The maximum Gasteiger partial charge on any atom is 0.223 e. The average molecular weight is 438 g/mol. The number of carbonyl (C=O) groups is 1. The molecule has 3 unspecified atom stereocenters. The topological polar surface area (TPSA) is 29.1 Å². The summed E-state index contributed by atoms with van der Waals surface area (Å²) in [7, 11) is 0. The normalized spacial score (nSPS) is 20.8. The molecule has 1 aliphatic carbocycles. The Morgan fingerprint density at radius 3 is 2.12 bits per heavy atom. The number of hydrogen-bond donors (Lipinski definition) is 1. The summed E-state index contributed by atoms with van der Waals surface area (Å²) in [6, 6.07) is 10.2. The molecule has 149 valence electrons. The van der Waals surface area contributed by atoms with Crippen LogP contribution in [0.2, 0.25) is 0 Å². The number of hydrogen-bond acceptors (Lipinski definition) is 1. The minimum absolute atomic E-state index is 0. The molecule has 2 rings (SSSR count). The molecule has 0 heterocycles. The Hall–Kier alpha value is -0.206. The first-order valence-corrected chi connectivity index (χ1v) is 9.89. The molecule has 2 nitrogen and oxygen atoms in total. The summed E-state index contributed by atoms with van der Waals surface area (Å²) < 4.78 is 0. The largest absolute Gasteiger partial charge is 0.358 e. The van der Waals surface area contributed by atoms with Crippen molar-refractivity contribution in [2.45, 2.75) is 74.3 Å². The molecule has 3 heteroatoms. The van der Waals surface area contributed by atoms with Crippen LogP contribution in [0.3, 0.4) is 0 Å². The fourth-order valence-corrected chi connectivity index (χ4v) is 3.42. The summed E-state index contributed by atoms with van der Waals surface area (Å²) in [6.45, 7) is 15.4. The predicted octanol–water partition coefficient (Wildman–Crippen LogP) is 6.51. The molecule has 0 spiro atoms. The van der Waals surface area contributed by atoms with Crippen LogP contribution in [0.15, 0.2) is 30.3 Å². The summed E-state index contributed by atoms with van der Waals surface area (Å²) in [5.74, 6) is 2.26. The fraction of sp³-hybridized carbons (Fsp3) is 0.652. The minimum atomic E-state index is 0. The smallest absolute Gasteiger partial charge is 0.223 e. The van der Waals surface area contributed by atoms with Gasteiger partial charge in [-0.1, -0.05) is 85.2 Å². The Bertz CT molecular complexity index is 433. The van der Waals surface area contributed by atoms with Gasteiger partial charge in [0.15, 0.2) is 0 Å². The van der Waals surface area contributed by atoms with Crippen LogP contribution in [0.1, 0.15) is 73.3 Å². The van der Waals surface area contributed by atoms with Gasteiger partial charge in [-0.2, -0.15) is 0 Å². The fourth-order valence-electron chi connectivity index (χ4n) is 3.42. The molecule has 1 aliphatic rings. The molecule has 3 atom stereocenters. The monoisotopic (exact) mass is 437 g/mol. The van der Waals surface area contributed by atoms with E-state index in [9.17, 15) is 4.79 Å². The molecule has 1 radical (unpaired) electrons. The first-order valence-electron chi connectivity index (χ1n) is 9.89. The van der Waals surface area contributed by atoms with Crippen LogP contribution in [0.4, 0.5) is 0 Å². The van der Waals surface area contributed by atoms with Crippen LogP contribution in [0.5, 0.6) is 0 Å². The van der Waals surface area contributed by atoms with E-state index >= 15 is 0 Å². The zero-order valence-electron chi connectivity index (χ0n) is 18.5. The quantitative estimate of drug-likeness (QED) is 0.535. The molecule has 1 N–H and O–H groups in total. The third-order valence-electron chi connectivity index (χ3n) is 4.67. The van der Waals surface area contributed by atoms with Gasteiger partial charge in [0, 0.05) is 45.2 Å². The summed E-state index contributed by atoms with van der Waals surface area (Å²) in [5.41, 5.74) is 1.17. The van der Waals surface area contributed by atoms with E-state index in [-0.39, 0.29) is 52.0 Å². The molecule has 1 amide bonds. The van der Waals surface area contributed by atoms with E-state index in [2.05, 4.69) is 38.2 Å². The Labute approximate surface area is 189 Å². The van der Waals surface area contributed by atoms with Crippen LogP contribution in [0.25, 0.3) is 0 Å². The second-order valence-electron chi connectivity index (χ2n) is 6.64. The van der Waals surface area contributed by atoms with E-state index in [0.717, 1.165) is 6.42 Å². The molecule has 0 aliphatic heterocycles. The van der Waals surface area contributed by atoms with E-state index in [1.807, 2.05) is 45.9 Å². The van der Waals surface area contributed by atoms with Gasteiger partial charge in [-0.15, -0.1) is 0 Å². The van der Waals surface area contributed by atoms with E-state index in [0.29, 0.717) is 24.3 Å². The molecule has 1 aromatic rings. The van der Waals surface area contributed by atoms with E-state index in [4.69, 9.17) is 0 Å². The Kier molecular flexibility index (Phi) is 21.3. The zero-order valence-corrected chi connectivity index (χ0v) is 21.3. The van der Waals surface area contributed by atoms with Crippen molar-refractivity contribution >= 4 is 5.91 Å². The maximum absolute atomic E-state index is 12.5. The molecule has 1 fully saturated rings. The molecule has 26 heavy (non-hydrogen) atoms. The van der Waals surface area contributed by atoms with Crippen LogP contribution in [-0.2, 0) is 44.0 Å². The Morgan fingerprint density at radius 1 is 1.08 bits per heavy atom. The number of rotatable bonds is 4. The molecule has 0 aromatic heterocycles. The van der Waals surface area contributed by atoms with Gasteiger partial charge in [-0.3, -0.25) is 4.79 Å². The van der Waals surface area contributed by atoms with Crippen LogP contribution < -0.4 is 5.32 Å². The SMILES string of the molecule is CC.CC.CC1CCC(C(C)C)C(C(=O)NCc2ccccc2)C1.[CH3-].[Y]. The number of amides is 1. The number of carbonyl (C=O) groups excluding carboxylic acids is 1. The van der Waals surface area contributed by atoms with Gasteiger partial charge >= 0.3 is 0 Å². The van der Waals surface area contributed by atoms with Gasteiger partial charge in [0.25, 0.3) is 0 Å². The van der Waals surface area contributed by atoms with Crippen LogP contribution >= 0.6 is 0 Å². The minimum Gasteiger partial charge on any atom is -0.358 e. The number of nitrogens with one attached hydrogen (secondary N) is 1. The standard InChI is InChI=1S/C18H27NO.2C2H6.CH3.Y/c1-13(2)16-10-9-14(3)11-17(16)18(20)19-12-15-7-5-4-6-8-15;2*1-2;;/h4-8,13-14,16-17H,9-12H2,1-3H3,(H,19,20);2*1-2H3;1H3;/q;;;-1;. The van der Waals surface area contributed by atoms with Gasteiger partial charge in [0.2, 0.25) is 5.91 Å². The van der Waals surface area contributed by atoms with Crippen molar-refractivity contribution in [1.29, 1.82) is 0 Å². The van der Waals surface area contributed by atoms with Crippen LogP contribution in [0, 0.1) is 31.1 Å². The molecular formula is C23H42NOY-. The molecule has 1 aromatic carbocycles. The average Bonchev–Trinajstić information content (AvgIpc) is 2.63. The Balaban J connectivity index is -0.000000824. The predicted molar refractivity (Wildman–Crippen MR) is 112 cm³/mol. The van der Waals surface area contributed by atoms with Gasteiger partial charge in [-0.25, -0.2) is 0 Å². The first-order chi connectivity index (χ1) is 11.6. The zero-order chi connectivity index (χ0) is 18.5. The van der Waals surface area contributed by atoms with Crippen molar-refractivity contribution in [2.24, 2.45) is 23.7 Å². The summed E-state index contributed by atoms with van der Waals surface area (Å²) in [4.78, 5) is 12.5. The van der Waals surface area contributed by atoms with Crippen molar-refractivity contribution in [1.82, 2.24) is 5.32 Å². The molecule has 1 saturated carbocycles. The summed E-state index contributed by atoms with van der Waals surface area (Å²) in [5, 5.41) is 3.14. The second kappa shape index (κ2) is 18.2. The molecule has 0 saturated heterocycles. The Morgan fingerprint density at radius 2 is 1.62 bits per heavy atom. The van der Waals surface area contributed by atoms with Gasteiger partial charge in [-0.05, 0) is 36.2 Å². The maximum atomic E-state index is 12.5. The van der Waals surface area contributed by atoms with Crippen molar-refractivity contribution in [3.05, 3.63) is 43.3 Å². The van der Waals surface area contributed by atoms with Crippen molar-refractivity contribution in [3.8, 4) is 0 Å². The van der Waals surface area contributed by atoms with Crippen molar-refractivity contribution in [3.63, 3.8) is 0 Å². The third kappa shape index (κ3) is 10.8. The van der Waals surface area contributed by atoms with Crippen molar-refractivity contribution in [2.75, 3.05) is 0 Å². The van der Waals surface area contributed by atoms with Crippen LogP contribution in [-0.4, -0.2) is 5.91 Å². The van der Waals surface area contributed by atoms with Crippen molar-refractivity contribution < 1.29 is 37.5 Å². The third-order valence-corrected chi connectivity index (χ3v) is 4.67. The van der Waals surface area contributed by atoms with E-state index in [1.54, 1.807) is 0 Å². The van der Waals surface area contributed by atoms with Gasteiger partial charge in [0.05, 0.1) is 0 Å². The van der Waals surface area contributed by atoms with E-state index < -0.39 is 0 Å². The molecular weight excluding hydrogens is 395 g/mol. The van der Waals surface area contributed by atoms with E-state index in [1.165, 1.54) is 18.4 Å². The first kappa shape index (κ1) is 30.5.